The molecule has 4 nitrogen and oxygen atoms in total. The Bertz CT molecular complexity index is 452. The average Bonchev–Trinajstić information content (AvgIpc) is 2.38. The van der Waals surface area contributed by atoms with Crippen LogP contribution in [0.1, 0.15) is 18.4 Å². The molecule has 90 valence electrons. The van der Waals surface area contributed by atoms with Crippen LogP contribution in [0.3, 0.4) is 0 Å². The number of hydrogen-bond donors (Lipinski definition) is 2. The van der Waals surface area contributed by atoms with Crippen molar-refractivity contribution in [2.24, 2.45) is 0 Å². The lowest BCUT2D eigenvalue weighted by molar-refractivity contribution is 0.208. The lowest BCUT2D eigenvalue weighted by Gasteiger charge is -2.45. The van der Waals surface area contributed by atoms with Crippen LogP contribution in [0.2, 0.25) is 0 Å². The molecular weight excluding hydrogens is 214 g/mol. The van der Waals surface area contributed by atoms with Crippen molar-refractivity contribution < 1.29 is 4.79 Å². The molecule has 2 aliphatic rings. The van der Waals surface area contributed by atoms with Crippen LogP contribution < -0.4 is 15.5 Å². The Hall–Kier alpha value is -1.55. The number of nitrogens with one attached hydrogen (secondary N) is 2. The third-order valence-electron chi connectivity index (χ3n) is 3.89. The molecule has 2 amide bonds. The summed E-state index contributed by atoms with van der Waals surface area (Å²) >= 11 is 0. The Morgan fingerprint density at radius 1 is 1.24 bits per heavy atom. The molecule has 1 saturated heterocycles. The molecule has 2 aliphatic heterocycles. The molecule has 0 atom stereocenters. The quantitative estimate of drug-likeness (QED) is 0.709. The van der Waals surface area contributed by atoms with E-state index in [1.54, 1.807) is 4.90 Å². The van der Waals surface area contributed by atoms with Gasteiger partial charge in [-0.05, 0) is 32.0 Å². The van der Waals surface area contributed by atoms with Crippen LogP contribution >= 0.6 is 0 Å². The van der Waals surface area contributed by atoms with E-state index < -0.39 is 0 Å². The SMILES string of the molecule is CN1C(=O)NC2(CCNCC2)c2ccccc21. The third kappa shape index (κ3) is 1.52. The van der Waals surface area contributed by atoms with E-state index in [1.165, 1.54) is 5.56 Å². The van der Waals surface area contributed by atoms with Gasteiger partial charge in [0.1, 0.15) is 0 Å². The fraction of sp³-hybridized carbons (Fsp3) is 0.462. The lowest BCUT2D eigenvalue weighted by Crippen LogP contribution is -2.58. The van der Waals surface area contributed by atoms with Gasteiger partial charge in [0.25, 0.3) is 0 Å². The Morgan fingerprint density at radius 3 is 2.71 bits per heavy atom. The van der Waals surface area contributed by atoms with Gasteiger partial charge in [-0.15, -0.1) is 0 Å². The van der Waals surface area contributed by atoms with Crippen molar-refractivity contribution in [3.63, 3.8) is 0 Å². The molecule has 2 heterocycles. The van der Waals surface area contributed by atoms with Crippen LogP contribution in [0.5, 0.6) is 0 Å². The number of anilines is 1. The zero-order valence-corrected chi connectivity index (χ0v) is 9.99. The summed E-state index contributed by atoms with van der Waals surface area (Å²) in [6, 6.07) is 8.20. The smallest absolute Gasteiger partial charge is 0.322 e. The Balaban J connectivity index is 2.12. The van der Waals surface area contributed by atoms with Gasteiger partial charge in [0, 0.05) is 12.6 Å². The number of piperidine rings is 1. The van der Waals surface area contributed by atoms with Crippen LogP contribution in [0, 0.1) is 0 Å². The van der Waals surface area contributed by atoms with Crippen molar-refractivity contribution in [3.05, 3.63) is 29.8 Å². The van der Waals surface area contributed by atoms with Crippen molar-refractivity contribution in [3.8, 4) is 0 Å². The Morgan fingerprint density at radius 2 is 1.94 bits per heavy atom. The molecule has 0 aliphatic carbocycles. The summed E-state index contributed by atoms with van der Waals surface area (Å²) in [4.78, 5) is 13.7. The maximum Gasteiger partial charge on any atom is 0.322 e. The average molecular weight is 231 g/mol. The molecule has 1 aromatic rings. The Kier molecular flexibility index (Phi) is 2.33. The zero-order valence-electron chi connectivity index (χ0n) is 9.99. The number of urea groups is 1. The minimum Gasteiger partial charge on any atom is -0.328 e. The van der Waals surface area contributed by atoms with Gasteiger partial charge in [-0.25, -0.2) is 4.79 Å². The van der Waals surface area contributed by atoms with E-state index in [9.17, 15) is 4.79 Å². The van der Waals surface area contributed by atoms with Gasteiger partial charge in [-0.1, -0.05) is 18.2 Å². The van der Waals surface area contributed by atoms with E-state index in [0.29, 0.717) is 0 Å². The van der Waals surface area contributed by atoms with Crippen LogP contribution in [-0.4, -0.2) is 26.2 Å². The molecule has 0 saturated carbocycles. The predicted octanol–water partition coefficient (Wildman–Crippen LogP) is 1.42. The van der Waals surface area contributed by atoms with Gasteiger partial charge in [0.2, 0.25) is 0 Å². The topological polar surface area (TPSA) is 44.4 Å². The maximum atomic E-state index is 12.0. The summed E-state index contributed by atoms with van der Waals surface area (Å²) < 4.78 is 0. The van der Waals surface area contributed by atoms with E-state index >= 15 is 0 Å². The molecule has 1 fully saturated rings. The Labute approximate surface area is 101 Å². The molecule has 0 unspecified atom stereocenters. The summed E-state index contributed by atoms with van der Waals surface area (Å²) in [7, 11) is 1.82. The second-order valence-corrected chi connectivity index (χ2v) is 4.84. The first-order chi connectivity index (χ1) is 8.23. The molecule has 17 heavy (non-hydrogen) atoms. The molecular formula is C13H17N3O. The summed E-state index contributed by atoms with van der Waals surface area (Å²) in [6.45, 7) is 1.91. The highest BCUT2D eigenvalue weighted by atomic mass is 16.2. The molecule has 2 N–H and O–H groups in total. The highest BCUT2D eigenvalue weighted by molar-refractivity contribution is 5.95. The number of rotatable bonds is 0. The third-order valence-corrected chi connectivity index (χ3v) is 3.89. The number of amides is 2. The van der Waals surface area contributed by atoms with E-state index in [0.717, 1.165) is 31.6 Å². The van der Waals surface area contributed by atoms with Gasteiger partial charge in [-0.3, -0.25) is 4.90 Å². The zero-order chi connectivity index (χ0) is 11.9. The minimum absolute atomic E-state index is 0.00519. The van der Waals surface area contributed by atoms with Crippen LogP contribution in [-0.2, 0) is 5.54 Å². The van der Waals surface area contributed by atoms with Crippen molar-refractivity contribution in [1.29, 1.82) is 0 Å². The highest BCUT2D eigenvalue weighted by Crippen LogP contribution is 2.39. The first-order valence-electron chi connectivity index (χ1n) is 6.09. The number of hydrogen-bond acceptors (Lipinski definition) is 2. The van der Waals surface area contributed by atoms with Gasteiger partial charge >= 0.3 is 6.03 Å². The minimum atomic E-state index is -0.161. The fourth-order valence-electron chi connectivity index (χ4n) is 2.88. The first kappa shape index (κ1) is 10.6. The predicted molar refractivity (Wildman–Crippen MR) is 67.2 cm³/mol. The molecule has 4 heteroatoms. The van der Waals surface area contributed by atoms with Gasteiger partial charge < -0.3 is 10.6 Å². The number of carbonyl (C=O) groups excluding carboxylic acids is 1. The molecule has 1 aromatic carbocycles. The van der Waals surface area contributed by atoms with Crippen molar-refractivity contribution in [2.45, 2.75) is 18.4 Å². The largest absolute Gasteiger partial charge is 0.328 e. The van der Waals surface area contributed by atoms with Crippen LogP contribution in [0.4, 0.5) is 10.5 Å². The normalized spacial score (nSPS) is 22.2. The second kappa shape index (κ2) is 3.74. The van der Waals surface area contributed by atoms with Gasteiger partial charge in [-0.2, -0.15) is 0 Å². The fourth-order valence-corrected chi connectivity index (χ4v) is 2.88. The number of fused-ring (bicyclic) bond motifs is 2. The summed E-state index contributed by atoms with van der Waals surface area (Å²) in [5.74, 6) is 0. The van der Waals surface area contributed by atoms with E-state index in [1.807, 2.05) is 25.2 Å². The molecule has 0 radical (unpaired) electrons. The number of para-hydroxylation sites is 1. The lowest BCUT2D eigenvalue weighted by atomic mass is 9.79. The van der Waals surface area contributed by atoms with Gasteiger partial charge in [0.15, 0.2) is 0 Å². The summed E-state index contributed by atoms with van der Waals surface area (Å²) in [5.41, 5.74) is 2.13. The second-order valence-electron chi connectivity index (χ2n) is 4.84. The van der Waals surface area contributed by atoms with Gasteiger partial charge in [0.05, 0.1) is 11.2 Å². The van der Waals surface area contributed by atoms with Crippen LogP contribution in [0.15, 0.2) is 24.3 Å². The highest BCUT2D eigenvalue weighted by Gasteiger charge is 2.41. The summed E-state index contributed by atoms with van der Waals surface area (Å²) in [6.07, 6.45) is 1.92. The monoisotopic (exact) mass is 231 g/mol. The molecule has 3 rings (SSSR count). The number of carbonyl (C=O) groups is 1. The van der Waals surface area contributed by atoms with Crippen LogP contribution in [0.25, 0.3) is 0 Å². The maximum absolute atomic E-state index is 12.0. The molecule has 0 bridgehead atoms. The van der Waals surface area contributed by atoms with E-state index in [4.69, 9.17) is 0 Å². The number of nitrogens with zero attached hydrogens (tertiary/aromatic N) is 1. The van der Waals surface area contributed by atoms with E-state index in [2.05, 4.69) is 16.7 Å². The standard InChI is InChI=1S/C13H17N3O/c1-16-11-5-3-2-4-10(11)13(15-12(16)17)6-8-14-9-7-13/h2-5,14H,6-9H2,1H3,(H,15,17). The van der Waals surface area contributed by atoms with E-state index in [-0.39, 0.29) is 11.6 Å². The molecule has 0 aromatic heterocycles. The van der Waals surface area contributed by atoms with Crippen molar-refractivity contribution in [1.82, 2.24) is 10.6 Å². The first-order valence-corrected chi connectivity index (χ1v) is 6.09. The number of benzene rings is 1. The molecule has 1 spiro atoms. The summed E-state index contributed by atoms with van der Waals surface area (Å²) in [5, 5.41) is 6.53. The van der Waals surface area contributed by atoms with Crippen molar-refractivity contribution in [2.75, 3.05) is 25.0 Å². The van der Waals surface area contributed by atoms with Crippen molar-refractivity contribution >= 4 is 11.7 Å².